The van der Waals surface area contributed by atoms with Gasteiger partial charge in [0.1, 0.15) is 0 Å². The number of hydrogen-bond donors (Lipinski definition) is 1. The van der Waals surface area contributed by atoms with Crippen LogP contribution in [0.1, 0.15) is 38.2 Å². The highest BCUT2D eigenvalue weighted by atomic mass is 15.3. The maximum Gasteiger partial charge on any atom is 0.225 e. The molecule has 0 spiro atoms. The molecule has 1 aromatic heterocycles. The number of piperidine rings is 1. The van der Waals surface area contributed by atoms with Crippen molar-refractivity contribution in [3.8, 4) is 0 Å². The Kier molecular flexibility index (Phi) is 4.31. The zero-order chi connectivity index (χ0) is 12.1. The van der Waals surface area contributed by atoms with Gasteiger partial charge >= 0.3 is 0 Å². The normalized spacial score (nSPS) is 20.6. The smallest absolute Gasteiger partial charge is 0.225 e. The fourth-order valence-corrected chi connectivity index (χ4v) is 2.21. The number of aromatic nitrogens is 2. The van der Waals surface area contributed by atoms with Crippen LogP contribution in [0.15, 0.2) is 12.4 Å². The number of rotatable bonds is 4. The molecule has 0 bridgehead atoms. The fourth-order valence-electron chi connectivity index (χ4n) is 2.21. The molecule has 17 heavy (non-hydrogen) atoms. The number of aryl methyl sites for hydroxylation is 1. The van der Waals surface area contributed by atoms with E-state index in [0.29, 0.717) is 0 Å². The highest BCUT2D eigenvalue weighted by Crippen LogP contribution is 2.15. The fraction of sp³-hybridized carbons (Fsp3) is 0.692. The van der Waals surface area contributed by atoms with E-state index in [1.165, 1.54) is 18.4 Å². The van der Waals surface area contributed by atoms with Crippen LogP contribution in [0.2, 0.25) is 0 Å². The SMILES string of the molecule is CCCCc1cnc(N2CCCC(N)C2)nc1. The molecule has 1 aromatic rings. The van der Waals surface area contributed by atoms with Crippen LogP contribution in [0.5, 0.6) is 0 Å². The van der Waals surface area contributed by atoms with Gasteiger partial charge in [0.15, 0.2) is 0 Å². The van der Waals surface area contributed by atoms with Gasteiger partial charge in [0.25, 0.3) is 0 Å². The standard InChI is InChI=1S/C13H22N4/c1-2-3-5-11-8-15-13(16-9-11)17-7-4-6-12(14)10-17/h8-9,12H,2-7,10,14H2,1H3. The van der Waals surface area contributed by atoms with E-state index in [4.69, 9.17) is 5.73 Å². The third-order valence-electron chi connectivity index (χ3n) is 3.25. The van der Waals surface area contributed by atoms with Crippen molar-refractivity contribution in [2.24, 2.45) is 5.73 Å². The lowest BCUT2D eigenvalue weighted by molar-refractivity contribution is 0.499. The van der Waals surface area contributed by atoms with Gasteiger partial charge in [-0.25, -0.2) is 9.97 Å². The average molecular weight is 234 g/mol. The molecule has 94 valence electrons. The van der Waals surface area contributed by atoms with Crippen molar-refractivity contribution in [2.45, 2.75) is 45.1 Å². The molecule has 1 aliphatic heterocycles. The van der Waals surface area contributed by atoms with Crippen LogP contribution < -0.4 is 10.6 Å². The molecule has 0 radical (unpaired) electrons. The molecule has 4 heteroatoms. The Hall–Kier alpha value is -1.16. The first kappa shape index (κ1) is 12.3. The molecule has 1 fully saturated rings. The first-order valence-electron chi connectivity index (χ1n) is 6.61. The van der Waals surface area contributed by atoms with E-state index in [0.717, 1.165) is 38.3 Å². The highest BCUT2D eigenvalue weighted by molar-refractivity contribution is 5.31. The van der Waals surface area contributed by atoms with Crippen LogP contribution in [0, 0.1) is 0 Å². The van der Waals surface area contributed by atoms with Gasteiger partial charge in [-0.1, -0.05) is 13.3 Å². The predicted molar refractivity (Wildman–Crippen MR) is 70.1 cm³/mol. The summed E-state index contributed by atoms with van der Waals surface area (Å²) in [5, 5.41) is 0. The second-order valence-corrected chi connectivity index (χ2v) is 4.84. The molecular formula is C13H22N4. The summed E-state index contributed by atoms with van der Waals surface area (Å²) in [5.74, 6) is 0.834. The number of anilines is 1. The average Bonchev–Trinajstić information content (AvgIpc) is 2.37. The molecule has 0 aromatic carbocycles. The molecule has 0 aliphatic carbocycles. The second kappa shape index (κ2) is 5.96. The Bertz CT molecular complexity index is 336. The molecule has 1 saturated heterocycles. The van der Waals surface area contributed by atoms with Gasteiger partial charge < -0.3 is 10.6 Å². The van der Waals surface area contributed by atoms with E-state index in [-0.39, 0.29) is 6.04 Å². The maximum absolute atomic E-state index is 5.96. The molecule has 2 N–H and O–H groups in total. The van der Waals surface area contributed by atoms with Gasteiger partial charge in [-0.3, -0.25) is 0 Å². The molecule has 0 amide bonds. The van der Waals surface area contributed by atoms with Gasteiger partial charge in [-0.05, 0) is 31.2 Å². The first-order chi connectivity index (χ1) is 8.29. The monoisotopic (exact) mass is 234 g/mol. The highest BCUT2D eigenvalue weighted by Gasteiger charge is 2.18. The van der Waals surface area contributed by atoms with E-state index in [2.05, 4.69) is 21.8 Å². The van der Waals surface area contributed by atoms with E-state index in [9.17, 15) is 0 Å². The van der Waals surface area contributed by atoms with E-state index in [1.54, 1.807) is 0 Å². The zero-order valence-corrected chi connectivity index (χ0v) is 10.6. The predicted octanol–water partition coefficient (Wildman–Crippen LogP) is 1.75. The molecule has 0 saturated carbocycles. The molecule has 1 atom stereocenters. The number of hydrogen-bond acceptors (Lipinski definition) is 4. The summed E-state index contributed by atoms with van der Waals surface area (Å²) < 4.78 is 0. The van der Waals surface area contributed by atoms with Gasteiger partial charge in [0.05, 0.1) is 0 Å². The Morgan fingerprint density at radius 3 is 2.82 bits per heavy atom. The summed E-state index contributed by atoms with van der Waals surface area (Å²) in [6.45, 7) is 4.11. The summed E-state index contributed by atoms with van der Waals surface area (Å²) in [6.07, 6.45) is 9.67. The number of unbranched alkanes of at least 4 members (excludes halogenated alkanes) is 1. The Morgan fingerprint density at radius 2 is 2.18 bits per heavy atom. The third kappa shape index (κ3) is 3.40. The van der Waals surface area contributed by atoms with Gasteiger partial charge in [-0.2, -0.15) is 0 Å². The van der Waals surface area contributed by atoms with Crippen molar-refractivity contribution in [1.82, 2.24) is 9.97 Å². The minimum atomic E-state index is 0.270. The Morgan fingerprint density at radius 1 is 1.41 bits per heavy atom. The molecule has 1 unspecified atom stereocenters. The summed E-state index contributed by atoms with van der Waals surface area (Å²) in [7, 11) is 0. The summed E-state index contributed by atoms with van der Waals surface area (Å²) in [6, 6.07) is 0.270. The third-order valence-corrected chi connectivity index (χ3v) is 3.25. The largest absolute Gasteiger partial charge is 0.339 e. The summed E-state index contributed by atoms with van der Waals surface area (Å²) in [5.41, 5.74) is 7.19. The lowest BCUT2D eigenvalue weighted by atomic mass is 10.1. The second-order valence-electron chi connectivity index (χ2n) is 4.84. The summed E-state index contributed by atoms with van der Waals surface area (Å²) in [4.78, 5) is 11.1. The quantitative estimate of drug-likeness (QED) is 0.862. The molecule has 1 aliphatic rings. The molecule has 2 heterocycles. The minimum absolute atomic E-state index is 0.270. The van der Waals surface area contributed by atoms with Gasteiger partial charge in [-0.15, -0.1) is 0 Å². The molecule has 4 nitrogen and oxygen atoms in total. The van der Waals surface area contributed by atoms with Crippen molar-refractivity contribution in [2.75, 3.05) is 18.0 Å². The van der Waals surface area contributed by atoms with Crippen LogP contribution in [0.25, 0.3) is 0 Å². The van der Waals surface area contributed by atoms with Crippen molar-refractivity contribution < 1.29 is 0 Å². The van der Waals surface area contributed by atoms with Crippen LogP contribution in [0.3, 0.4) is 0 Å². The zero-order valence-electron chi connectivity index (χ0n) is 10.6. The van der Waals surface area contributed by atoms with Crippen LogP contribution in [0.4, 0.5) is 5.95 Å². The van der Waals surface area contributed by atoms with Crippen LogP contribution in [-0.4, -0.2) is 29.1 Å². The van der Waals surface area contributed by atoms with Crippen molar-refractivity contribution >= 4 is 5.95 Å². The summed E-state index contributed by atoms with van der Waals surface area (Å²) >= 11 is 0. The first-order valence-corrected chi connectivity index (χ1v) is 6.61. The minimum Gasteiger partial charge on any atom is -0.339 e. The van der Waals surface area contributed by atoms with Crippen molar-refractivity contribution in [3.63, 3.8) is 0 Å². The number of nitrogens with zero attached hydrogens (tertiary/aromatic N) is 3. The van der Waals surface area contributed by atoms with Crippen LogP contribution in [-0.2, 0) is 6.42 Å². The Labute approximate surface area is 103 Å². The van der Waals surface area contributed by atoms with E-state index < -0.39 is 0 Å². The maximum atomic E-state index is 5.96. The van der Waals surface area contributed by atoms with Crippen molar-refractivity contribution in [1.29, 1.82) is 0 Å². The molecular weight excluding hydrogens is 212 g/mol. The van der Waals surface area contributed by atoms with Crippen LogP contribution >= 0.6 is 0 Å². The van der Waals surface area contributed by atoms with Crippen molar-refractivity contribution in [3.05, 3.63) is 18.0 Å². The Balaban J connectivity index is 1.96. The molecule has 2 rings (SSSR count). The van der Waals surface area contributed by atoms with E-state index >= 15 is 0 Å². The van der Waals surface area contributed by atoms with Gasteiger partial charge in [0.2, 0.25) is 5.95 Å². The topological polar surface area (TPSA) is 55.0 Å². The lowest BCUT2D eigenvalue weighted by Gasteiger charge is -2.30. The van der Waals surface area contributed by atoms with Gasteiger partial charge in [0, 0.05) is 31.5 Å². The lowest BCUT2D eigenvalue weighted by Crippen LogP contribution is -2.43. The van der Waals surface area contributed by atoms with E-state index in [1.807, 2.05) is 12.4 Å². The number of nitrogens with two attached hydrogens (primary N) is 1.